The van der Waals surface area contributed by atoms with Crippen LogP contribution < -0.4 is 16.0 Å². The van der Waals surface area contributed by atoms with Crippen LogP contribution in [0.3, 0.4) is 0 Å². The van der Waals surface area contributed by atoms with Gasteiger partial charge in [0.15, 0.2) is 5.96 Å². The number of hydrogen-bond donors (Lipinski definition) is 3. The summed E-state index contributed by atoms with van der Waals surface area (Å²) in [5.41, 5.74) is 1.80. The Morgan fingerprint density at radius 1 is 1.18 bits per heavy atom. The number of guanidine groups is 1. The molecule has 0 fully saturated rings. The normalized spacial score (nSPS) is 14.9. The number of aliphatic imine (C=N–C) groups is 1. The van der Waals surface area contributed by atoms with Crippen LogP contribution in [0.2, 0.25) is 0 Å². The summed E-state index contributed by atoms with van der Waals surface area (Å²) in [7, 11) is 1.77. The van der Waals surface area contributed by atoms with E-state index in [1.54, 1.807) is 7.05 Å². The lowest BCUT2D eigenvalue weighted by Gasteiger charge is -2.17. The summed E-state index contributed by atoms with van der Waals surface area (Å²) in [6.45, 7) is 3.23. The summed E-state index contributed by atoms with van der Waals surface area (Å²) in [4.78, 5) is 15.9. The molecular weight excluding hydrogens is 276 g/mol. The third-order valence-corrected chi connectivity index (χ3v) is 3.59. The van der Waals surface area contributed by atoms with Gasteiger partial charge in [-0.1, -0.05) is 24.3 Å². The molecule has 5 heteroatoms. The van der Waals surface area contributed by atoms with Crippen LogP contribution in [0.15, 0.2) is 41.4 Å². The van der Waals surface area contributed by atoms with Gasteiger partial charge in [0.2, 0.25) is 0 Å². The lowest BCUT2D eigenvalue weighted by molar-refractivity contribution is 0.0956. The molecule has 118 valence electrons. The molecule has 0 bridgehead atoms. The Kier molecular flexibility index (Phi) is 6.01. The fraction of sp³-hybridized carbons (Fsp3) is 0.412. The standard InChI is InChI=1S/C17H24N4O/c1-3-19-16(22)14-10-8-13(9-11-14)12-20-17(18-2)21-15-6-4-5-7-15/h4-5,8-11,15H,3,6-7,12H2,1-2H3,(H,19,22)(H2,18,20,21). The summed E-state index contributed by atoms with van der Waals surface area (Å²) >= 11 is 0. The first-order chi connectivity index (χ1) is 10.7. The maximum atomic E-state index is 11.7. The van der Waals surface area contributed by atoms with Gasteiger partial charge in [0.25, 0.3) is 5.91 Å². The lowest BCUT2D eigenvalue weighted by Crippen LogP contribution is -2.42. The lowest BCUT2D eigenvalue weighted by atomic mass is 10.1. The van der Waals surface area contributed by atoms with Crippen LogP contribution in [0.5, 0.6) is 0 Å². The fourth-order valence-electron chi connectivity index (χ4n) is 2.35. The highest BCUT2D eigenvalue weighted by Gasteiger charge is 2.11. The van der Waals surface area contributed by atoms with E-state index < -0.39 is 0 Å². The quantitative estimate of drug-likeness (QED) is 0.441. The van der Waals surface area contributed by atoms with E-state index in [0.29, 0.717) is 24.7 Å². The van der Waals surface area contributed by atoms with Crippen LogP contribution in [0, 0.1) is 0 Å². The van der Waals surface area contributed by atoms with Crippen molar-refractivity contribution in [3.05, 3.63) is 47.5 Å². The largest absolute Gasteiger partial charge is 0.353 e. The number of hydrogen-bond acceptors (Lipinski definition) is 2. The average Bonchev–Trinajstić information content (AvgIpc) is 3.05. The molecular formula is C17H24N4O. The number of carbonyl (C=O) groups excluding carboxylic acids is 1. The SMILES string of the molecule is CCNC(=O)c1ccc(CNC(=NC)NC2CC=CC2)cc1. The molecule has 1 aliphatic carbocycles. The molecule has 3 N–H and O–H groups in total. The van der Waals surface area contributed by atoms with Crippen molar-refractivity contribution in [3.63, 3.8) is 0 Å². The first-order valence-electron chi connectivity index (χ1n) is 7.72. The summed E-state index contributed by atoms with van der Waals surface area (Å²) in [6.07, 6.45) is 6.46. The second-order valence-corrected chi connectivity index (χ2v) is 5.27. The minimum absolute atomic E-state index is 0.0341. The molecule has 0 saturated carbocycles. The minimum atomic E-state index is -0.0341. The first-order valence-corrected chi connectivity index (χ1v) is 7.72. The molecule has 1 aromatic rings. The van der Waals surface area contributed by atoms with Gasteiger partial charge in [0.1, 0.15) is 0 Å². The highest BCUT2D eigenvalue weighted by molar-refractivity contribution is 5.94. The van der Waals surface area contributed by atoms with Gasteiger partial charge in [0.05, 0.1) is 0 Å². The molecule has 0 aromatic heterocycles. The first kappa shape index (κ1) is 16.1. The van der Waals surface area contributed by atoms with Gasteiger partial charge < -0.3 is 16.0 Å². The van der Waals surface area contributed by atoms with E-state index in [1.807, 2.05) is 31.2 Å². The topological polar surface area (TPSA) is 65.5 Å². The number of nitrogens with one attached hydrogen (secondary N) is 3. The molecule has 1 aromatic carbocycles. The van der Waals surface area contributed by atoms with Gasteiger partial charge in [0, 0.05) is 31.7 Å². The molecule has 0 atom stereocenters. The number of nitrogens with zero attached hydrogens (tertiary/aromatic N) is 1. The van der Waals surface area contributed by atoms with Gasteiger partial charge in [-0.2, -0.15) is 0 Å². The van der Waals surface area contributed by atoms with E-state index in [9.17, 15) is 4.79 Å². The Labute approximate surface area is 131 Å². The van der Waals surface area contributed by atoms with E-state index in [4.69, 9.17) is 0 Å². The predicted molar refractivity (Wildman–Crippen MR) is 89.9 cm³/mol. The van der Waals surface area contributed by atoms with Crippen LogP contribution in [0.4, 0.5) is 0 Å². The number of rotatable bonds is 5. The molecule has 0 saturated heterocycles. The molecule has 22 heavy (non-hydrogen) atoms. The Bertz CT molecular complexity index is 540. The predicted octanol–water partition coefficient (Wildman–Crippen LogP) is 1.82. The molecule has 1 amide bonds. The molecule has 0 aliphatic heterocycles. The smallest absolute Gasteiger partial charge is 0.251 e. The van der Waals surface area contributed by atoms with E-state index in [-0.39, 0.29) is 5.91 Å². The van der Waals surface area contributed by atoms with Crippen molar-refractivity contribution < 1.29 is 4.79 Å². The van der Waals surface area contributed by atoms with E-state index in [2.05, 4.69) is 33.1 Å². The van der Waals surface area contributed by atoms with Crippen molar-refractivity contribution in [3.8, 4) is 0 Å². The Hall–Kier alpha value is -2.30. The average molecular weight is 300 g/mol. The second-order valence-electron chi connectivity index (χ2n) is 5.27. The van der Waals surface area contributed by atoms with Crippen molar-refractivity contribution in [2.24, 2.45) is 4.99 Å². The third kappa shape index (κ3) is 4.62. The number of carbonyl (C=O) groups is 1. The zero-order valence-corrected chi connectivity index (χ0v) is 13.2. The van der Waals surface area contributed by atoms with Crippen LogP contribution >= 0.6 is 0 Å². The molecule has 0 unspecified atom stereocenters. The zero-order valence-electron chi connectivity index (χ0n) is 13.2. The number of benzene rings is 1. The summed E-state index contributed by atoms with van der Waals surface area (Å²) < 4.78 is 0. The van der Waals surface area contributed by atoms with Crippen LogP contribution in [0.1, 0.15) is 35.7 Å². The third-order valence-electron chi connectivity index (χ3n) is 3.59. The van der Waals surface area contributed by atoms with Gasteiger partial charge in [-0.15, -0.1) is 0 Å². The maximum Gasteiger partial charge on any atom is 0.251 e. The monoisotopic (exact) mass is 300 g/mol. The molecule has 0 spiro atoms. The molecule has 5 nitrogen and oxygen atoms in total. The van der Waals surface area contributed by atoms with Crippen molar-refractivity contribution in [2.75, 3.05) is 13.6 Å². The molecule has 1 aliphatic rings. The van der Waals surface area contributed by atoms with Crippen LogP contribution in [-0.4, -0.2) is 31.5 Å². The molecule has 2 rings (SSSR count). The fourth-order valence-corrected chi connectivity index (χ4v) is 2.35. The van der Waals surface area contributed by atoms with Gasteiger partial charge >= 0.3 is 0 Å². The van der Waals surface area contributed by atoms with E-state index in [1.165, 1.54) is 0 Å². The summed E-state index contributed by atoms with van der Waals surface area (Å²) in [6, 6.07) is 8.05. The Morgan fingerprint density at radius 2 is 1.86 bits per heavy atom. The highest BCUT2D eigenvalue weighted by Crippen LogP contribution is 2.09. The number of amides is 1. The Morgan fingerprint density at radius 3 is 2.45 bits per heavy atom. The van der Waals surface area contributed by atoms with E-state index >= 15 is 0 Å². The summed E-state index contributed by atoms with van der Waals surface area (Å²) in [5.74, 6) is 0.773. The van der Waals surface area contributed by atoms with Crippen molar-refractivity contribution in [1.82, 2.24) is 16.0 Å². The van der Waals surface area contributed by atoms with Gasteiger partial charge in [-0.05, 0) is 37.5 Å². The highest BCUT2D eigenvalue weighted by atomic mass is 16.1. The van der Waals surface area contributed by atoms with Crippen LogP contribution in [-0.2, 0) is 6.54 Å². The van der Waals surface area contributed by atoms with Crippen molar-refractivity contribution in [2.45, 2.75) is 32.4 Å². The maximum absolute atomic E-state index is 11.7. The molecule has 0 heterocycles. The van der Waals surface area contributed by atoms with Crippen molar-refractivity contribution >= 4 is 11.9 Å². The van der Waals surface area contributed by atoms with E-state index in [0.717, 1.165) is 24.4 Å². The summed E-state index contributed by atoms with van der Waals surface area (Å²) in [5, 5.41) is 9.48. The Balaban J connectivity index is 1.83. The minimum Gasteiger partial charge on any atom is -0.353 e. The molecule has 0 radical (unpaired) electrons. The van der Waals surface area contributed by atoms with Crippen molar-refractivity contribution in [1.29, 1.82) is 0 Å². The zero-order chi connectivity index (χ0) is 15.8. The second kappa shape index (κ2) is 8.22. The van der Waals surface area contributed by atoms with Gasteiger partial charge in [-0.3, -0.25) is 9.79 Å². The van der Waals surface area contributed by atoms with Crippen LogP contribution in [0.25, 0.3) is 0 Å². The van der Waals surface area contributed by atoms with Gasteiger partial charge in [-0.25, -0.2) is 0 Å².